The predicted octanol–water partition coefficient (Wildman–Crippen LogP) is 1.74. The minimum Gasteiger partial charge on any atom is -0.319 e. The number of nitrogens with one attached hydrogen (secondary N) is 1. The van der Waals surface area contributed by atoms with Crippen molar-refractivity contribution in [1.29, 1.82) is 0 Å². The summed E-state index contributed by atoms with van der Waals surface area (Å²) in [4.78, 5) is 0. The number of sulfonamides is 1. The van der Waals surface area contributed by atoms with Gasteiger partial charge in [0.2, 0.25) is 0 Å². The Labute approximate surface area is 114 Å². The highest BCUT2D eigenvalue weighted by molar-refractivity contribution is 9.11. The molecule has 0 amide bonds. The van der Waals surface area contributed by atoms with Crippen molar-refractivity contribution < 1.29 is 8.42 Å². The van der Waals surface area contributed by atoms with Gasteiger partial charge in [0, 0.05) is 13.1 Å². The molecule has 2 rings (SSSR count). The van der Waals surface area contributed by atoms with Gasteiger partial charge in [0.05, 0.1) is 3.79 Å². The molecule has 1 saturated heterocycles. The molecule has 96 valence electrons. The van der Waals surface area contributed by atoms with Crippen LogP contribution >= 0.6 is 27.3 Å². The van der Waals surface area contributed by atoms with Crippen molar-refractivity contribution in [2.45, 2.75) is 10.6 Å². The first-order valence-electron chi connectivity index (χ1n) is 5.44. The minimum atomic E-state index is -3.28. The van der Waals surface area contributed by atoms with Gasteiger partial charge in [-0.3, -0.25) is 0 Å². The smallest absolute Gasteiger partial charge is 0.252 e. The highest BCUT2D eigenvalue weighted by Crippen LogP contribution is 2.31. The number of thiophene rings is 1. The Balaban J connectivity index is 2.13. The van der Waals surface area contributed by atoms with Crippen molar-refractivity contribution in [1.82, 2.24) is 9.62 Å². The van der Waals surface area contributed by atoms with Crippen LogP contribution in [0.1, 0.15) is 6.42 Å². The third-order valence-electron chi connectivity index (χ3n) is 2.88. The van der Waals surface area contributed by atoms with Crippen molar-refractivity contribution in [2.75, 3.05) is 26.7 Å². The second-order valence-corrected chi connectivity index (χ2v) is 8.76. The molecule has 0 spiro atoms. The number of hydrogen-bond donors (Lipinski definition) is 1. The van der Waals surface area contributed by atoms with Crippen LogP contribution in [0, 0.1) is 5.92 Å². The van der Waals surface area contributed by atoms with Gasteiger partial charge >= 0.3 is 0 Å². The Kier molecular flexibility index (Phi) is 4.25. The van der Waals surface area contributed by atoms with Gasteiger partial charge < -0.3 is 5.32 Å². The fourth-order valence-electron chi connectivity index (χ4n) is 2.03. The lowest BCUT2D eigenvalue weighted by atomic mass is 10.1. The molecule has 17 heavy (non-hydrogen) atoms. The number of nitrogens with zero attached hydrogens (tertiary/aromatic N) is 1. The maximum atomic E-state index is 12.3. The molecule has 1 aliphatic rings. The van der Waals surface area contributed by atoms with E-state index in [1.54, 1.807) is 16.4 Å². The van der Waals surface area contributed by atoms with E-state index in [0.29, 0.717) is 23.2 Å². The second-order valence-electron chi connectivity index (χ2n) is 4.13. The highest BCUT2D eigenvalue weighted by Gasteiger charge is 2.32. The summed E-state index contributed by atoms with van der Waals surface area (Å²) in [7, 11) is -1.38. The van der Waals surface area contributed by atoms with Crippen LogP contribution in [-0.4, -0.2) is 39.4 Å². The number of hydrogen-bond acceptors (Lipinski definition) is 4. The number of rotatable bonds is 4. The Hall–Kier alpha value is 0.0500. The van der Waals surface area contributed by atoms with Crippen LogP contribution in [0.25, 0.3) is 0 Å². The lowest BCUT2D eigenvalue weighted by Gasteiger charge is -2.15. The summed E-state index contributed by atoms with van der Waals surface area (Å²) >= 11 is 4.56. The maximum Gasteiger partial charge on any atom is 0.252 e. The number of halogens is 1. The average molecular weight is 339 g/mol. The van der Waals surface area contributed by atoms with Crippen LogP contribution in [0.15, 0.2) is 20.1 Å². The van der Waals surface area contributed by atoms with Gasteiger partial charge in [-0.25, -0.2) is 8.42 Å². The molecule has 1 aliphatic heterocycles. The van der Waals surface area contributed by atoms with Crippen molar-refractivity contribution in [3.8, 4) is 0 Å². The SMILES string of the molecule is CNCC1CCN(S(=O)(=O)c2ccc(Br)s2)C1. The molecule has 0 aromatic carbocycles. The average Bonchev–Trinajstić information content (AvgIpc) is 2.88. The highest BCUT2D eigenvalue weighted by atomic mass is 79.9. The van der Waals surface area contributed by atoms with E-state index in [1.165, 1.54) is 11.3 Å². The van der Waals surface area contributed by atoms with Crippen LogP contribution in [0.3, 0.4) is 0 Å². The quantitative estimate of drug-likeness (QED) is 0.909. The first kappa shape index (κ1) is 13.5. The van der Waals surface area contributed by atoms with Crippen molar-refractivity contribution >= 4 is 37.3 Å². The molecule has 0 saturated carbocycles. The zero-order valence-electron chi connectivity index (χ0n) is 9.52. The third-order valence-corrected chi connectivity index (χ3v) is 6.84. The first-order chi connectivity index (χ1) is 8.04. The van der Waals surface area contributed by atoms with E-state index in [1.807, 2.05) is 7.05 Å². The molecule has 0 radical (unpaired) electrons. The zero-order valence-corrected chi connectivity index (χ0v) is 12.7. The van der Waals surface area contributed by atoms with E-state index in [4.69, 9.17) is 0 Å². The molecule has 1 atom stereocenters. The fourth-order valence-corrected chi connectivity index (χ4v) is 5.73. The van der Waals surface area contributed by atoms with Crippen molar-refractivity contribution in [2.24, 2.45) is 5.92 Å². The van der Waals surface area contributed by atoms with E-state index in [-0.39, 0.29) is 0 Å². The molecule has 1 fully saturated rings. The third kappa shape index (κ3) is 2.90. The van der Waals surface area contributed by atoms with Crippen molar-refractivity contribution in [3.05, 3.63) is 15.9 Å². The molecule has 7 heteroatoms. The molecule has 1 unspecified atom stereocenters. The monoisotopic (exact) mass is 338 g/mol. The van der Waals surface area contributed by atoms with E-state index in [0.717, 1.165) is 16.8 Å². The summed E-state index contributed by atoms with van der Waals surface area (Å²) < 4.78 is 27.5. The van der Waals surface area contributed by atoms with Gasteiger partial charge in [-0.05, 0) is 54.0 Å². The van der Waals surface area contributed by atoms with Crippen LogP contribution in [0.5, 0.6) is 0 Å². The van der Waals surface area contributed by atoms with Gasteiger partial charge in [0.1, 0.15) is 4.21 Å². The van der Waals surface area contributed by atoms with Gasteiger partial charge in [0.25, 0.3) is 10.0 Å². The zero-order chi connectivity index (χ0) is 12.5. The van der Waals surface area contributed by atoms with Crippen LogP contribution in [0.2, 0.25) is 0 Å². The standard InChI is InChI=1S/C10H15BrN2O2S2/c1-12-6-8-4-5-13(7-8)17(14,15)10-3-2-9(11)16-10/h2-3,8,12H,4-7H2,1H3. The van der Waals surface area contributed by atoms with Gasteiger partial charge in [-0.1, -0.05) is 0 Å². The Morgan fingerprint density at radius 2 is 2.35 bits per heavy atom. The van der Waals surface area contributed by atoms with Crippen LogP contribution in [0.4, 0.5) is 0 Å². The molecule has 0 aliphatic carbocycles. The first-order valence-corrected chi connectivity index (χ1v) is 8.49. The Morgan fingerprint density at radius 1 is 1.59 bits per heavy atom. The van der Waals surface area contributed by atoms with Crippen LogP contribution < -0.4 is 5.32 Å². The molecule has 1 aromatic heterocycles. The lowest BCUT2D eigenvalue weighted by molar-refractivity contribution is 0.452. The maximum absolute atomic E-state index is 12.3. The summed E-state index contributed by atoms with van der Waals surface area (Å²) in [5.74, 6) is 0.429. The molecule has 0 bridgehead atoms. The summed E-state index contributed by atoms with van der Waals surface area (Å²) in [5, 5.41) is 3.10. The van der Waals surface area contributed by atoms with Crippen LogP contribution in [-0.2, 0) is 10.0 Å². The van der Waals surface area contributed by atoms with Crippen molar-refractivity contribution in [3.63, 3.8) is 0 Å². The fraction of sp³-hybridized carbons (Fsp3) is 0.600. The molecule has 2 heterocycles. The molecular weight excluding hydrogens is 324 g/mol. The topological polar surface area (TPSA) is 49.4 Å². The summed E-state index contributed by atoms with van der Waals surface area (Å²) in [6, 6.07) is 3.44. The molecular formula is C10H15BrN2O2S2. The summed E-state index contributed by atoms with van der Waals surface area (Å²) in [6.07, 6.45) is 0.937. The normalized spacial score (nSPS) is 22.1. The lowest BCUT2D eigenvalue weighted by Crippen LogP contribution is -2.29. The van der Waals surface area contributed by atoms with E-state index < -0.39 is 10.0 Å². The second kappa shape index (κ2) is 5.36. The van der Waals surface area contributed by atoms with Gasteiger partial charge in [-0.15, -0.1) is 11.3 Å². The molecule has 4 nitrogen and oxygen atoms in total. The van der Waals surface area contributed by atoms with Gasteiger partial charge in [0.15, 0.2) is 0 Å². The van der Waals surface area contributed by atoms with E-state index in [9.17, 15) is 8.42 Å². The molecule has 1 aromatic rings. The van der Waals surface area contributed by atoms with E-state index in [2.05, 4.69) is 21.2 Å². The van der Waals surface area contributed by atoms with Gasteiger partial charge in [-0.2, -0.15) is 4.31 Å². The summed E-state index contributed by atoms with van der Waals surface area (Å²) in [5.41, 5.74) is 0. The molecule has 1 N–H and O–H groups in total. The summed E-state index contributed by atoms with van der Waals surface area (Å²) in [6.45, 7) is 2.13. The largest absolute Gasteiger partial charge is 0.319 e. The Morgan fingerprint density at radius 3 is 2.94 bits per heavy atom. The minimum absolute atomic E-state index is 0.425. The van der Waals surface area contributed by atoms with E-state index >= 15 is 0 Å². The Bertz CT molecular complexity index is 486. The predicted molar refractivity (Wildman–Crippen MR) is 72.8 cm³/mol.